The molecule has 132 valence electrons. The van der Waals surface area contributed by atoms with Crippen molar-refractivity contribution in [2.45, 2.75) is 56.4 Å². The van der Waals surface area contributed by atoms with Gasteiger partial charge in [-0.3, -0.25) is 4.99 Å². The summed E-state index contributed by atoms with van der Waals surface area (Å²) in [4.78, 5) is 7.11. The minimum absolute atomic E-state index is 0. The van der Waals surface area contributed by atoms with Gasteiger partial charge >= 0.3 is 0 Å². The summed E-state index contributed by atoms with van der Waals surface area (Å²) in [5.74, 6) is 3.09. The third kappa shape index (κ3) is 2.90. The fourth-order valence-electron chi connectivity index (χ4n) is 5.05. The van der Waals surface area contributed by atoms with E-state index in [-0.39, 0.29) is 24.0 Å². The molecule has 4 rings (SSSR count). The van der Waals surface area contributed by atoms with Crippen molar-refractivity contribution in [1.29, 1.82) is 0 Å². The number of rotatable bonds is 2. The molecule has 2 aliphatic heterocycles. The number of nitrogens with zero attached hydrogens (tertiary/aromatic N) is 2. The molecule has 4 fully saturated rings. The van der Waals surface area contributed by atoms with Gasteiger partial charge in [0.2, 0.25) is 0 Å². The van der Waals surface area contributed by atoms with E-state index in [9.17, 15) is 0 Å². The number of guanidine groups is 1. The minimum atomic E-state index is 0. The maximum Gasteiger partial charge on any atom is 0.193 e. The van der Waals surface area contributed by atoms with E-state index >= 15 is 0 Å². The summed E-state index contributed by atoms with van der Waals surface area (Å²) in [6, 6.07) is 0.599. The second-order valence-corrected chi connectivity index (χ2v) is 8.76. The number of hydrogen-bond acceptors (Lipinski definition) is 3. The molecule has 2 aliphatic carbocycles. The lowest BCUT2D eigenvalue weighted by Crippen LogP contribution is -2.72. The van der Waals surface area contributed by atoms with E-state index in [0.717, 1.165) is 36.8 Å². The molecule has 6 heteroatoms. The van der Waals surface area contributed by atoms with Crippen molar-refractivity contribution in [2.75, 3.05) is 32.5 Å². The Morgan fingerprint density at radius 1 is 1.43 bits per heavy atom. The van der Waals surface area contributed by atoms with Gasteiger partial charge in [-0.15, -0.1) is 24.0 Å². The third-order valence-electron chi connectivity index (χ3n) is 6.43. The lowest BCUT2D eigenvalue weighted by molar-refractivity contribution is -0.171. The monoisotopic (exact) mass is 451 g/mol. The molecule has 4 unspecified atom stereocenters. The molecule has 0 aromatic carbocycles. The van der Waals surface area contributed by atoms with Gasteiger partial charge in [-0.1, -0.05) is 13.3 Å². The first kappa shape index (κ1) is 18.1. The average Bonchev–Trinajstić information content (AvgIpc) is 2.92. The molecular weight excluding hydrogens is 421 g/mol. The molecule has 4 atom stereocenters. The van der Waals surface area contributed by atoms with Gasteiger partial charge in [0.1, 0.15) is 0 Å². The normalized spacial score (nSPS) is 38.3. The Bertz CT molecular complexity index is 457. The number of aliphatic imine (C=N–C) groups is 1. The number of thioether (sulfide) groups is 1. The maximum atomic E-state index is 6.04. The van der Waals surface area contributed by atoms with Gasteiger partial charge in [-0.25, -0.2) is 0 Å². The van der Waals surface area contributed by atoms with Gasteiger partial charge in [0.05, 0.1) is 6.10 Å². The summed E-state index contributed by atoms with van der Waals surface area (Å²) in [6.45, 7) is 5.54. The highest BCUT2D eigenvalue weighted by molar-refractivity contribution is 14.0. The first-order valence-electron chi connectivity index (χ1n) is 9.00. The molecule has 2 saturated carbocycles. The second-order valence-electron chi connectivity index (χ2n) is 7.35. The molecule has 23 heavy (non-hydrogen) atoms. The van der Waals surface area contributed by atoms with Gasteiger partial charge in [0, 0.05) is 55.1 Å². The lowest BCUT2D eigenvalue weighted by atomic mass is 9.46. The number of halogens is 1. The molecule has 4 nitrogen and oxygen atoms in total. The van der Waals surface area contributed by atoms with Gasteiger partial charge in [0.15, 0.2) is 5.96 Å². The lowest BCUT2D eigenvalue weighted by Gasteiger charge is -2.63. The zero-order valence-corrected chi connectivity index (χ0v) is 17.4. The summed E-state index contributed by atoms with van der Waals surface area (Å²) in [5.41, 5.74) is 0.436. The van der Waals surface area contributed by atoms with E-state index in [1.807, 2.05) is 7.05 Å². The van der Waals surface area contributed by atoms with Crippen molar-refractivity contribution in [3.63, 3.8) is 0 Å². The number of fused-ring (bicyclic) bond motifs is 2. The third-order valence-corrected chi connectivity index (χ3v) is 7.80. The van der Waals surface area contributed by atoms with E-state index in [1.165, 1.54) is 37.9 Å². The Kier molecular flexibility index (Phi) is 5.73. The molecule has 2 heterocycles. The van der Waals surface area contributed by atoms with Crippen LogP contribution in [0.1, 0.15) is 39.0 Å². The van der Waals surface area contributed by atoms with Gasteiger partial charge in [-0.05, 0) is 25.7 Å². The van der Waals surface area contributed by atoms with Crippen molar-refractivity contribution in [1.82, 2.24) is 10.2 Å². The highest BCUT2D eigenvalue weighted by atomic mass is 127. The Labute approximate surface area is 161 Å². The number of ether oxygens (including phenoxy) is 1. The SMILES string of the molecule is CCC1CN(C(=NC)NC2C3CCOC3C23CCC3)CCS1.I. The smallest absolute Gasteiger partial charge is 0.193 e. The summed E-state index contributed by atoms with van der Waals surface area (Å²) in [7, 11) is 1.94. The van der Waals surface area contributed by atoms with Crippen LogP contribution in [0, 0.1) is 11.3 Å². The Hall–Kier alpha value is 0.310. The molecule has 1 spiro atoms. The highest BCUT2D eigenvalue weighted by Gasteiger charge is 2.66. The van der Waals surface area contributed by atoms with Crippen LogP contribution in [0.3, 0.4) is 0 Å². The number of nitrogens with one attached hydrogen (secondary N) is 1. The molecule has 4 aliphatic rings. The topological polar surface area (TPSA) is 36.9 Å². The van der Waals surface area contributed by atoms with E-state index in [0.29, 0.717) is 17.6 Å². The van der Waals surface area contributed by atoms with Crippen molar-refractivity contribution in [3.8, 4) is 0 Å². The zero-order valence-electron chi connectivity index (χ0n) is 14.3. The summed E-state index contributed by atoms with van der Waals surface area (Å²) in [6.07, 6.45) is 7.09. The molecular formula is C17H30IN3OS. The summed E-state index contributed by atoms with van der Waals surface area (Å²) < 4.78 is 6.04. The molecule has 1 N–H and O–H groups in total. The van der Waals surface area contributed by atoms with E-state index in [2.05, 4.69) is 33.9 Å². The Morgan fingerprint density at radius 3 is 2.91 bits per heavy atom. The standard InChI is InChI=1S/C17H29N3OS.HI/c1-3-12-11-20(8-10-22-12)16(18-2)19-14-13-5-9-21-15(13)17(14)6-4-7-17;/h12-15H,3-11H2,1-2H3,(H,18,19);1H. The quantitative estimate of drug-likeness (QED) is 0.398. The molecule has 0 aromatic heterocycles. The highest BCUT2D eigenvalue weighted by Crippen LogP contribution is 2.62. The van der Waals surface area contributed by atoms with Crippen LogP contribution < -0.4 is 5.32 Å². The largest absolute Gasteiger partial charge is 0.377 e. The zero-order chi connectivity index (χ0) is 15.2. The van der Waals surface area contributed by atoms with Crippen molar-refractivity contribution in [2.24, 2.45) is 16.3 Å². The van der Waals surface area contributed by atoms with Crippen molar-refractivity contribution < 1.29 is 4.74 Å². The van der Waals surface area contributed by atoms with Crippen LogP contribution in [-0.2, 0) is 4.74 Å². The molecule has 2 saturated heterocycles. The Balaban J connectivity index is 0.00000156. The van der Waals surface area contributed by atoms with Gasteiger partial charge in [-0.2, -0.15) is 11.8 Å². The molecule has 0 radical (unpaired) electrons. The summed E-state index contributed by atoms with van der Waals surface area (Å²) >= 11 is 2.12. The van der Waals surface area contributed by atoms with Crippen LogP contribution in [0.25, 0.3) is 0 Å². The van der Waals surface area contributed by atoms with Crippen LogP contribution in [0.4, 0.5) is 0 Å². The van der Waals surface area contributed by atoms with E-state index in [1.54, 1.807) is 0 Å². The minimum Gasteiger partial charge on any atom is -0.377 e. The maximum absolute atomic E-state index is 6.04. The fourth-order valence-corrected chi connectivity index (χ4v) is 6.23. The fraction of sp³-hybridized carbons (Fsp3) is 0.941. The first-order valence-corrected chi connectivity index (χ1v) is 10.0. The van der Waals surface area contributed by atoms with E-state index < -0.39 is 0 Å². The molecule has 0 bridgehead atoms. The predicted octanol–water partition coefficient (Wildman–Crippen LogP) is 2.96. The second kappa shape index (κ2) is 7.28. The van der Waals surface area contributed by atoms with Crippen LogP contribution in [0.5, 0.6) is 0 Å². The Morgan fingerprint density at radius 2 is 2.26 bits per heavy atom. The van der Waals surface area contributed by atoms with Crippen LogP contribution >= 0.6 is 35.7 Å². The van der Waals surface area contributed by atoms with Gasteiger partial charge < -0.3 is 15.0 Å². The molecule has 0 amide bonds. The van der Waals surface area contributed by atoms with Crippen LogP contribution in [0.15, 0.2) is 4.99 Å². The van der Waals surface area contributed by atoms with Crippen molar-refractivity contribution >= 4 is 41.7 Å². The first-order chi connectivity index (χ1) is 10.8. The summed E-state index contributed by atoms with van der Waals surface area (Å²) in [5, 5.41) is 4.63. The van der Waals surface area contributed by atoms with E-state index in [4.69, 9.17) is 4.74 Å². The van der Waals surface area contributed by atoms with Crippen molar-refractivity contribution in [3.05, 3.63) is 0 Å². The number of hydrogen-bond donors (Lipinski definition) is 1. The van der Waals surface area contributed by atoms with Crippen LogP contribution in [-0.4, -0.2) is 60.8 Å². The molecule has 0 aromatic rings. The average molecular weight is 451 g/mol. The van der Waals surface area contributed by atoms with Gasteiger partial charge in [0.25, 0.3) is 0 Å². The predicted molar refractivity (Wildman–Crippen MR) is 108 cm³/mol. The van der Waals surface area contributed by atoms with Crippen LogP contribution in [0.2, 0.25) is 0 Å².